The van der Waals surface area contributed by atoms with Gasteiger partial charge in [-0.2, -0.15) is 13.2 Å². The number of ether oxygens (including phenoxy) is 2. The van der Waals surface area contributed by atoms with Crippen molar-refractivity contribution in [1.29, 1.82) is 0 Å². The Morgan fingerprint density at radius 1 is 1.07 bits per heavy atom. The number of methoxy groups -OCH3 is 1. The highest BCUT2D eigenvalue weighted by atomic mass is 19.4. The van der Waals surface area contributed by atoms with Crippen LogP contribution in [0.5, 0.6) is 17.2 Å². The van der Waals surface area contributed by atoms with Gasteiger partial charge in [0.15, 0.2) is 0 Å². The van der Waals surface area contributed by atoms with Crippen LogP contribution in [0.15, 0.2) is 51.7 Å². The summed E-state index contributed by atoms with van der Waals surface area (Å²) in [6.07, 6.45) is -5.00. The van der Waals surface area contributed by atoms with Gasteiger partial charge in [0, 0.05) is 6.07 Å². The first kappa shape index (κ1) is 18.3. The zero-order valence-electron chi connectivity index (χ0n) is 13.6. The Balaban J connectivity index is 2.16. The lowest BCUT2D eigenvalue weighted by atomic mass is 10.2. The molecule has 6 nitrogen and oxygen atoms in total. The van der Waals surface area contributed by atoms with Gasteiger partial charge in [-0.3, -0.25) is 4.79 Å². The molecule has 0 N–H and O–H groups in total. The molecule has 0 unspecified atom stereocenters. The number of aromatic carboxylic acids is 1. The Kier molecular flexibility index (Phi) is 4.52. The molecule has 0 fully saturated rings. The molecule has 0 radical (unpaired) electrons. The number of hydrogen-bond acceptors (Lipinski definition) is 6. The van der Waals surface area contributed by atoms with Gasteiger partial charge < -0.3 is 23.8 Å². The molecule has 9 heteroatoms. The predicted molar refractivity (Wildman–Crippen MR) is 84.9 cm³/mol. The van der Waals surface area contributed by atoms with Crippen LogP contribution in [0.2, 0.25) is 0 Å². The Morgan fingerprint density at radius 3 is 2.26 bits per heavy atom. The molecule has 0 atom stereocenters. The molecular weight excluding hydrogens is 369 g/mol. The second-order valence-electron chi connectivity index (χ2n) is 5.36. The summed E-state index contributed by atoms with van der Waals surface area (Å²) >= 11 is 0. The van der Waals surface area contributed by atoms with Crippen LogP contribution in [0.1, 0.15) is 16.1 Å². The minimum Gasteiger partial charge on any atom is -0.545 e. The van der Waals surface area contributed by atoms with Gasteiger partial charge in [0.1, 0.15) is 17.1 Å². The zero-order chi connectivity index (χ0) is 19.8. The average Bonchev–Trinajstić information content (AvgIpc) is 2.63. The molecule has 0 aliphatic heterocycles. The maximum absolute atomic E-state index is 13.4. The number of carbonyl (C=O) groups is 1. The number of hydrogen-bond donors (Lipinski definition) is 0. The summed E-state index contributed by atoms with van der Waals surface area (Å²) in [5, 5.41) is 10.6. The Hall–Kier alpha value is -3.49. The van der Waals surface area contributed by atoms with E-state index in [9.17, 15) is 27.9 Å². The molecule has 0 bridgehead atoms. The van der Waals surface area contributed by atoms with Crippen LogP contribution in [0, 0.1) is 0 Å². The van der Waals surface area contributed by atoms with Crippen LogP contribution in [-0.4, -0.2) is 13.1 Å². The number of halogens is 3. The van der Waals surface area contributed by atoms with Gasteiger partial charge in [0.2, 0.25) is 11.2 Å². The van der Waals surface area contributed by atoms with E-state index in [1.165, 1.54) is 19.2 Å². The zero-order valence-corrected chi connectivity index (χ0v) is 13.6. The highest BCUT2D eigenvalue weighted by Crippen LogP contribution is 2.38. The number of rotatable bonds is 4. The molecule has 0 aliphatic rings. The molecule has 0 aliphatic carbocycles. The topological polar surface area (TPSA) is 88.8 Å². The molecule has 2 aromatic carbocycles. The molecule has 3 rings (SSSR count). The van der Waals surface area contributed by atoms with Crippen LogP contribution < -0.4 is 20.0 Å². The second kappa shape index (κ2) is 6.67. The first-order chi connectivity index (χ1) is 12.7. The SMILES string of the molecule is COc1ccc2c(=O)c(Oc3ccc(C(=O)[O-])cc3)c(C(F)(F)F)oc2c1. The maximum atomic E-state index is 13.4. The number of carbonyl (C=O) groups excluding carboxylic acids is 1. The third-order valence-electron chi connectivity index (χ3n) is 3.63. The van der Waals surface area contributed by atoms with E-state index >= 15 is 0 Å². The van der Waals surface area contributed by atoms with Gasteiger partial charge in [-0.25, -0.2) is 0 Å². The van der Waals surface area contributed by atoms with Crippen molar-refractivity contribution in [1.82, 2.24) is 0 Å². The summed E-state index contributed by atoms with van der Waals surface area (Å²) in [4.78, 5) is 23.3. The van der Waals surface area contributed by atoms with E-state index in [0.29, 0.717) is 0 Å². The molecule has 0 amide bonds. The van der Waals surface area contributed by atoms with Crippen LogP contribution in [0.4, 0.5) is 13.2 Å². The molecule has 1 heterocycles. The van der Waals surface area contributed by atoms with Crippen molar-refractivity contribution < 1.29 is 37.0 Å². The number of carboxylic acid groups (broad SMARTS) is 1. The molecule has 0 spiro atoms. The van der Waals surface area contributed by atoms with Gasteiger partial charge in [-0.15, -0.1) is 0 Å². The fourth-order valence-electron chi connectivity index (χ4n) is 2.34. The molecule has 27 heavy (non-hydrogen) atoms. The summed E-state index contributed by atoms with van der Waals surface area (Å²) in [5.41, 5.74) is -1.54. The number of carboxylic acids is 1. The smallest absolute Gasteiger partial charge is 0.453 e. The first-order valence-corrected chi connectivity index (χ1v) is 7.42. The van der Waals surface area contributed by atoms with Crippen LogP contribution in [0.3, 0.4) is 0 Å². The van der Waals surface area contributed by atoms with Gasteiger partial charge in [0.25, 0.3) is 5.76 Å². The maximum Gasteiger partial charge on any atom is 0.453 e. The lowest BCUT2D eigenvalue weighted by Crippen LogP contribution is -2.21. The fraction of sp³-hybridized carbons (Fsp3) is 0.111. The predicted octanol–water partition coefficient (Wildman–Crippen LogP) is 2.98. The van der Waals surface area contributed by atoms with Crippen molar-refractivity contribution >= 4 is 16.9 Å². The summed E-state index contributed by atoms with van der Waals surface area (Å²) in [7, 11) is 1.32. The first-order valence-electron chi connectivity index (χ1n) is 7.42. The van der Waals surface area contributed by atoms with Crippen LogP contribution in [-0.2, 0) is 6.18 Å². The van der Waals surface area contributed by atoms with Crippen molar-refractivity contribution in [3.63, 3.8) is 0 Å². The monoisotopic (exact) mass is 379 g/mol. The van der Waals surface area contributed by atoms with Crippen LogP contribution in [0.25, 0.3) is 11.0 Å². The Morgan fingerprint density at radius 2 is 1.70 bits per heavy atom. The molecule has 0 saturated carbocycles. The lowest BCUT2D eigenvalue weighted by molar-refractivity contribution is -0.255. The lowest BCUT2D eigenvalue weighted by Gasteiger charge is -2.14. The number of alkyl halides is 3. The van der Waals surface area contributed by atoms with E-state index in [-0.39, 0.29) is 28.0 Å². The number of benzene rings is 2. The summed E-state index contributed by atoms with van der Waals surface area (Å²) in [5.74, 6) is -4.09. The van der Waals surface area contributed by atoms with Crippen molar-refractivity contribution in [3.05, 3.63) is 64.0 Å². The quantitative estimate of drug-likeness (QED) is 0.693. The van der Waals surface area contributed by atoms with Crippen molar-refractivity contribution in [3.8, 4) is 17.2 Å². The molecule has 0 saturated heterocycles. The average molecular weight is 379 g/mol. The second-order valence-corrected chi connectivity index (χ2v) is 5.36. The highest BCUT2D eigenvalue weighted by molar-refractivity contribution is 5.85. The van der Waals surface area contributed by atoms with E-state index in [0.717, 1.165) is 30.3 Å². The van der Waals surface area contributed by atoms with E-state index in [2.05, 4.69) is 0 Å². The van der Waals surface area contributed by atoms with Gasteiger partial charge in [0.05, 0.1) is 18.5 Å². The number of fused-ring (bicyclic) bond motifs is 1. The molecule has 3 aromatic rings. The molecule has 140 valence electrons. The van der Waals surface area contributed by atoms with Gasteiger partial charge >= 0.3 is 6.18 Å². The largest absolute Gasteiger partial charge is 0.545 e. The Labute approximate surface area is 149 Å². The molecule has 1 aromatic heterocycles. The van der Waals surface area contributed by atoms with E-state index in [1.807, 2.05) is 0 Å². The van der Waals surface area contributed by atoms with Crippen LogP contribution >= 0.6 is 0 Å². The standard InChI is InChI=1S/C18H11F3O6/c1-25-11-6-7-12-13(8-11)27-16(18(19,20)21)15(14(12)22)26-10-4-2-9(3-5-10)17(23)24/h2-8H,1H3,(H,23,24)/p-1. The van der Waals surface area contributed by atoms with E-state index in [4.69, 9.17) is 13.9 Å². The summed E-state index contributed by atoms with van der Waals surface area (Å²) < 4.78 is 55.0. The third kappa shape index (κ3) is 3.57. The minimum atomic E-state index is -5.00. The van der Waals surface area contributed by atoms with Gasteiger partial charge in [-0.1, -0.05) is 0 Å². The van der Waals surface area contributed by atoms with Crippen molar-refractivity contribution in [2.45, 2.75) is 6.18 Å². The summed E-state index contributed by atoms with van der Waals surface area (Å²) in [6, 6.07) is 8.16. The van der Waals surface area contributed by atoms with E-state index < -0.39 is 29.1 Å². The third-order valence-corrected chi connectivity index (χ3v) is 3.63. The van der Waals surface area contributed by atoms with E-state index in [1.54, 1.807) is 0 Å². The highest BCUT2D eigenvalue weighted by Gasteiger charge is 2.40. The normalized spacial score (nSPS) is 11.4. The molecular formula is C18H10F3O6-. The van der Waals surface area contributed by atoms with Gasteiger partial charge in [-0.05, 0) is 42.0 Å². The van der Waals surface area contributed by atoms with Crippen molar-refractivity contribution in [2.75, 3.05) is 7.11 Å². The van der Waals surface area contributed by atoms with Crippen molar-refractivity contribution in [2.24, 2.45) is 0 Å². The Bertz CT molecular complexity index is 1070. The minimum absolute atomic E-state index is 0.134. The fourth-order valence-corrected chi connectivity index (χ4v) is 2.34. The summed E-state index contributed by atoms with van der Waals surface area (Å²) in [6.45, 7) is 0.